The van der Waals surface area contributed by atoms with Gasteiger partial charge in [0.25, 0.3) is 0 Å². The molecule has 2 unspecified atom stereocenters. The van der Waals surface area contributed by atoms with Crippen LogP contribution in [0.5, 0.6) is 0 Å². The fraction of sp³-hybridized carbons (Fsp3) is 0.917. The first-order valence-corrected chi connectivity index (χ1v) is 6.29. The zero-order valence-electron chi connectivity index (χ0n) is 10.4. The Morgan fingerprint density at radius 1 is 1.56 bits per heavy atom. The van der Waals surface area contributed by atoms with E-state index in [1.807, 2.05) is 6.92 Å². The molecule has 0 aliphatic heterocycles. The lowest BCUT2D eigenvalue weighted by atomic mass is 9.77. The Morgan fingerprint density at radius 2 is 2.31 bits per heavy atom. The number of urea groups is 1. The number of aliphatic hydroxyl groups excluding tert-OH is 1. The van der Waals surface area contributed by atoms with Crippen molar-refractivity contribution < 1.29 is 9.90 Å². The van der Waals surface area contributed by atoms with Crippen molar-refractivity contribution in [1.82, 2.24) is 10.6 Å². The van der Waals surface area contributed by atoms with Gasteiger partial charge in [-0.2, -0.15) is 0 Å². The molecule has 1 saturated carbocycles. The van der Waals surface area contributed by atoms with Gasteiger partial charge in [-0.05, 0) is 25.2 Å². The summed E-state index contributed by atoms with van der Waals surface area (Å²) in [6.07, 6.45) is 4.96. The zero-order valence-corrected chi connectivity index (χ0v) is 10.4. The summed E-state index contributed by atoms with van der Waals surface area (Å²) in [5.41, 5.74) is -0.393. The molecule has 2 atom stereocenters. The summed E-state index contributed by atoms with van der Waals surface area (Å²) in [7, 11) is 0. The van der Waals surface area contributed by atoms with Crippen LogP contribution in [0.15, 0.2) is 0 Å². The van der Waals surface area contributed by atoms with Crippen LogP contribution in [-0.2, 0) is 0 Å². The van der Waals surface area contributed by atoms with Crippen LogP contribution in [0.1, 0.15) is 46.0 Å². The third kappa shape index (κ3) is 3.67. The summed E-state index contributed by atoms with van der Waals surface area (Å²) < 4.78 is 0. The minimum atomic E-state index is -0.393. The monoisotopic (exact) mass is 228 g/mol. The standard InChI is InChI=1S/C12H24N2O2/c1-3-7-13-11(16)14-12(9-15)6-4-5-10(2)8-12/h10,15H,3-9H2,1-2H3,(H2,13,14,16). The fourth-order valence-electron chi connectivity index (χ4n) is 2.48. The van der Waals surface area contributed by atoms with Gasteiger partial charge in [0.15, 0.2) is 0 Å². The van der Waals surface area contributed by atoms with Crippen LogP contribution in [0.3, 0.4) is 0 Å². The van der Waals surface area contributed by atoms with Crippen LogP contribution >= 0.6 is 0 Å². The summed E-state index contributed by atoms with van der Waals surface area (Å²) in [6.45, 7) is 4.92. The Kier molecular flexibility index (Phi) is 5.06. The molecule has 0 spiro atoms. The second kappa shape index (κ2) is 6.09. The highest BCUT2D eigenvalue weighted by molar-refractivity contribution is 5.74. The quantitative estimate of drug-likeness (QED) is 0.685. The molecular weight excluding hydrogens is 204 g/mol. The van der Waals surface area contributed by atoms with Crippen molar-refractivity contribution in [2.75, 3.05) is 13.2 Å². The summed E-state index contributed by atoms with van der Waals surface area (Å²) in [6, 6.07) is -0.148. The molecule has 4 heteroatoms. The molecule has 1 fully saturated rings. The number of hydrogen-bond donors (Lipinski definition) is 3. The number of rotatable bonds is 4. The predicted molar refractivity (Wildman–Crippen MR) is 64.3 cm³/mol. The van der Waals surface area contributed by atoms with E-state index >= 15 is 0 Å². The van der Waals surface area contributed by atoms with Crippen molar-refractivity contribution >= 4 is 6.03 Å². The average Bonchev–Trinajstić information content (AvgIpc) is 2.26. The molecule has 0 bridgehead atoms. The van der Waals surface area contributed by atoms with Gasteiger partial charge in [-0.1, -0.05) is 26.7 Å². The minimum absolute atomic E-state index is 0.0386. The maximum atomic E-state index is 11.6. The lowest BCUT2D eigenvalue weighted by Crippen LogP contribution is -2.56. The van der Waals surface area contributed by atoms with Gasteiger partial charge in [0.1, 0.15) is 0 Å². The van der Waals surface area contributed by atoms with E-state index in [1.165, 1.54) is 6.42 Å². The first kappa shape index (κ1) is 13.3. The van der Waals surface area contributed by atoms with Gasteiger partial charge in [-0.15, -0.1) is 0 Å². The molecule has 94 valence electrons. The third-order valence-corrected chi connectivity index (χ3v) is 3.31. The highest BCUT2D eigenvalue weighted by atomic mass is 16.3. The van der Waals surface area contributed by atoms with Gasteiger partial charge in [0.2, 0.25) is 0 Å². The lowest BCUT2D eigenvalue weighted by molar-refractivity contribution is 0.106. The van der Waals surface area contributed by atoms with Crippen molar-refractivity contribution in [1.29, 1.82) is 0 Å². The van der Waals surface area contributed by atoms with Gasteiger partial charge < -0.3 is 15.7 Å². The van der Waals surface area contributed by atoms with Crippen molar-refractivity contribution in [3.05, 3.63) is 0 Å². The molecule has 2 amide bonds. The first-order valence-electron chi connectivity index (χ1n) is 6.29. The van der Waals surface area contributed by atoms with Crippen molar-refractivity contribution in [2.45, 2.75) is 51.5 Å². The molecule has 0 heterocycles. The van der Waals surface area contributed by atoms with Crippen LogP contribution in [0.2, 0.25) is 0 Å². The fourth-order valence-corrected chi connectivity index (χ4v) is 2.48. The van der Waals surface area contributed by atoms with Crippen LogP contribution in [0.4, 0.5) is 4.79 Å². The topological polar surface area (TPSA) is 61.4 Å². The van der Waals surface area contributed by atoms with E-state index in [2.05, 4.69) is 17.6 Å². The number of amides is 2. The maximum Gasteiger partial charge on any atom is 0.315 e. The maximum absolute atomic E-state index is 11.6. The molecule has 0 radical (unpaired) electrons. The second-order valence-electron chi connectivity index (χ2n) is 5.02. The summed E-state index contributed by atoms with van der Waals surface area (Å²) >= 11 is 0. The summed E-state index contributed by atoms with van der Waals surface area (Å²) in [4.78, 5) is 11.6. The summed E-state index contributed by atoms with van der Waals surface area (Å²) in [5, 5.41) is 15.2. The van der Waals surface area contributed by atoms with E-state index in [9.17, 15) is 9.90 Å². The van der Waals surface area contributed by atoms with Crippen LogP contribution in [0.25, 0.3) is 0 Å². The second-order valence-corrected chi connectivity index (χ2v) is 5.02. The SMILES string of the molecule is CCCNC(=O)NC1(CO)CCCC(C)C1. The lowest BCUT2D eigenvalue weighted by Gasteiger charge is -2.39. The molecular formula is C12H24N2O2. The van der Waals surface area contributed by atoms with Gasteiger partial charge in [0, 0.05) is 6.54 Å². The van der Waals surface area contributed by atoms with Gasteiger partial charge in [0.05, 0.1) is 12.1 Å². The Hall–Kier alpha value is -0.770. The normalized spacial score (nSPS) is 29.8. The molecule has 1 aliphatic carbocycles. The third-order valence-electron chi connectivity index (χ3n) is 3.31. The molecule has 0 aromatic rings. The van der Waals surface area contributed by atoms with Crippen LogP contribution < -0.4 is 10.6 Å². The summed E-state index contributed by atoms with van der Waals surface area (Å²) in [5.74, 6) is 0.576. The zero-order chi connectivity index (χ0) is 12.0. The molecule has 0 aromatic carbocycles. The van der Waals surface area contributed by atoms with E-state index in [4.69, 9.17) is 0 Å². The van der Waals surface area contributed by atoms with Gasteiger partial charge >= 0.3 is 6.03 Å². The minimum Gasteiger partial charge on any atom is -0.394 e. The predicted octanol–water partition coefficient (Wildman–Crippen LogP) is 1.64. The van der Waals surface area contributed by atoms with Gasteiger partial charge in [-0.3, -0.25) is 0 Å². The average molecular weight is 228 g/mol. The molecule has 16 heavy (non-hydrogen) atoms. The van der Waals surface area contributed by atoms with Crippen molar-refractivity contribution in [2.24, 2.45) is 5.92 Å². The number of hydrogen-bond acceptors (Lipinski definition) is 2. The van der Waals surface area contributed by atoms with E-state index in [0.29, 0.717) is 12.5 Å². The largest absolute Gasteiger partial charge is 0.394 e. The number of carbonyl (C=O) groups is 1. The Bertz CT molecular complexity index is 233. The van der Waals surface area contributed by atoms with Gasteiger partial charge in [-0.25, -0.2) is 4.79 Å². The Balaban J connectivity index is 2.49. The van der Waals surface area contributed by atoms with Crippen LogP contribution in [-0.4, -0.2) is 29.8 Å². The first-order chi connectivity index (χ1) is 7.62. The Morgan fingerprint density at radius 3 is 2.88 bits per heavy atom. The van der Waals surface area contributed by atoms with Crippen LogP contribution in [0, 0.1) is 5.92 Å². The molecule has 0 saturated heterocycles. The highest BCUT2D eigenvalue weighted by Crippen LogP contribution is 2.31. The number of aliphatic hydroxyl groups is 1. The smallest absolute Gasteiger partial charge is 0.315 e. The molecule has 1 rings (SSSR count). The highest BCUT2D eigenvalue weighted by Gasteiger charge is 2.35. The van der Waals surface area contributed by atoms with Crippen molar-refractivity contribution in [3.63, 3.8) is 0 Å². The Labute approximate surface area is 97.8 Å². The van der Waals surface area contributed by atoms with E-state index in [1.54, 1.807) is 0 Å². The molecule has 4 nitrogen and oxygen atoms in total. The molecule has 1 aliphatic rings. The number of nitrogens with one attached hydrogen (secondary N) is 2. The number of carbonyl (C=O) groups excluding carboxylic acids is 1. The molecule has 3 N–H and O–H groups in total. The molecule has 0 aromatic heterocycles. The van der Waals surface area contributed by atoms with Crippen molar-refractivity contribution in [3.8, 4) is 0 Å². The van der Waals surface area contributed by atoms with E-state index in [0.717, 1.165) is 25.7 Å². The van der Waals surface area contributed by atoms with E-state index in [-0.39, 0.29) is 12.6 Å². The van der Waals surface area contributed by atoms with E-state index < -0.39 is 5.54 Å².